The Morgan fingerprint density at radius 2 is 2.00 bits per heavy atom. The summed E-state index contributed by atoms with van der Waals surface area (Å²) in [5, 5.41) is 4.34. The highest BCUT2D eigenvalue weighted by molar-refractivity contribution is 6.42. The van der Waals surface area contributed by atoms with Gasteiger partial charge in [-0.2, -0.15) is 4.39 Å². The largest absolute Gasteiger partial charge is 0.377 e. The normalized spacial score (nSPS) is 12.2. The molecule has 2 nitrogen and oxygen atoms in total. The minimum absolute atomic E-state index is 0.0713. The van der Waals surface area contributed by atoms with Crippen LogP contribution in [0.3, 0.4) is 0 Å². The molecule has 1 heterocycles. The van der Waals surface area contributed by atoms with E-state index in [1.807, 2.05) is 12.1 Å². The molecule has 0 saturated heterocycles. The second-order valence-electron chi connectivity index (χ2n) is 4.15. The number of rotatable bonds is 4. The Morgan fingerprint density at radius 1 is 1.21 bits per heavy atom. The third-order valence-electron chi connectivity index (χ3n) is 2.82. The lowest BCUT2D eigenvalue weighted by atomic mass is 10.0. The molecule has 19 heavy (non-hydrogen) atoms. The lowest BCUT2D eigenvalue weighted by molar-refractivity contribution is 0.583. The highest BCUT2D eigenvalue weighted by Gasteiger charge is 2.11. The molecule has 1 aromatic carbocycles. The summed E-state index contributed by atoms with van der Waals surface area (Å²) in [6.45, 7) is 2.05. The Bertz CT molecular complexity index is 558. The number of nitrogens with one attached hydrogen (secondary N) is 1. The highest BCUT2D eigenvalue weighted by atomic mass is 35.5. The van der Waals surface area contributed by atoms with Gasteiger partial charge in [0.15, 0.2) is 0 Å². The van der Waals surface area contributed by atoms with Gasteiger partial charge < -0.3 is 5.32 Å². The zero-order valence-corrected chi connectivity index (χ0v) is 11.8. The molecule has 0 aliphatic carbocycles. The zero-order valence-electron chi connectivity index (χ0n) is 10.3. The van der Waals surface area contributed by atoms with E-state index in [4.69, 9.17) is 23.2 Å². The van der Waals surface area contributed by atoms with E-state index in [1.54, 1.807) is 12.1 Å². The van der Waals surface area contributed by atoms with Gasteiger partial charge in [-0.25, -0.2) is 4.98 Å². The van der Waals surface area contributed by atoms with Crippen molar-refractivity contribution < 1.29 is 4.39 Å². The molecule has 1 N–H and O–H groups in total. The van der Waals surface area contributed by atoms with Crippen molar-refractivity contribution in [1.82, 2.24) is 4.98 Å². The van der Waals surface area contributed by atoms with Crippen LogP contribution in [0.5, 0.6) is 0 Å². The lowest BCUT2D eigenvalue weighted by Crippen LogP contribution is -2.10. The SMILES string of the molecule is CCC(Nc1ccc(F)nc1)c1ccc(Cl)c(Cl)c1. The molecule has 2 aromatic rings. The van der Waals surface area contributed by atoms with Crippen molar-refractivity contribution in [2.45, 2.75) is 19.4 Å². The van der Waals surface area contributed by atoms with Gasteiger partial charge in [-0.1, -0.05) is 36.2 Å². The summed E-state index contributed by atoms with van der Waals surface area (Å²) in [6, 6.07) is 8.58. The molecule has 0 aliphatic rings. The lowest BCUT2D eigenvalue weighted by Gasteiger charge is -2.19. The Kier molecular flexibility index (Phi) is 4.61. The molecule has 0 bridgehead atoms. The monoisotopic (exact) mass is 298 g/mol. The van der Waals surface area contributed by atoms with Crippen LogP contribution in [-0.2, 0) is 0 Å². The number of aromatic nitrogens is 1. The van der Waals surface area contributed by atoms with Gasteiger partial charge in [0.05, 0.1) is 28.0 Å². The van der Waals surface area contributed by atoms with E-state index in [9.17, 15) is 4.39 Å². The molecule has 5 heteroatoms. The first-order valence-electron chi connectivity index (χ1n) is 5.93. The van der Waals surface area contributed by atoms with Gasteiger partial charge in [0.25, 0.3) is 0 Å². The first kappa shape index (κ1) is 14.1. The fourth-order valence-electron chi connectivity index (χ4n) is 1.81. The first-order valence-corrected chi connectivity index (χ1v) is 6.68. The predicted octanol–water partition coefficient (Wildman–Crippen LogP) is 5.09. The zero-order chi connectivity index (χ0) is 13.8. The maximum absolute atomic E-state index is 12.8. The average Bonchev–Trinajstić information content (AvgIpc) is 2.41. The van der Waals surface area contributed by atoms with Crippen LogP contribution in [0.25, 0.3) is 0 Å². The third-order valence-corrected chi connectivity index (χ3v) is 3.56. The smallest absolute Gasteiger partial charge is 0.212 e. The van der Waals surface area contributed by atoms with Crippen LogP contribution in [0.1, 0.15) is 24.9 Å². The number of anilines is 1. The van der Waals surface area contributed by atoms with Crippen LogP contribution in [0.4, 0.5) is 10.1 Å². The van der Waals surface area contributed by atoms with Crippen molar-refractivity contribution in [1.29, 1.82) is 0 Å². The van der Waals surface area contributed by atoms with E-state index in [-0.39, 0.29) is 6.04 Å². The summed E-state index contributed by atoms with van der Waals surface area (Å²) >= 11 is 11.9. The number of pyridine rings is 1. The van der Waals surface area contributed by atoms with Crippen LogP contribution < -0.4 is 5.32 Å². The number of benzene rings is 1. The van der Waals surface area contributed by atoms with Crippen LogP contribution in [0.2, 0.25) is 10.0 Å². The van der Waals surface area contributed by atoms with Crippen molar-refractivity contribution in [3.63, 3.8) is 0 Å². The maximum atomic E-state index is 12.8. The van der Waals surface area contributed by atoms with Gasteiger partial charge in [-0.15, -0.1) is 0 Å². The van der Waals surface area contributed by atoms with Gasteiger partial charge in [0.1, 0.15) is 0 Å². The van der Waals surface area contributed by atoms with Crippen molar-refractivity contribution >= 4 is 28.9 Å². The van der Waals surface area contributed by atoms with Crippen LogP contribution in [-0.4, -0.2) is 4.98 Å². The molecular formula is C14H13Cl2FN2. The molecule has 0 amide bonds. The number of hydrogen-bond donors (Lipinski definition) is 1. The van der Waals surface area contributed by atoms with Gasteiger partial charge in [-0.05, 0) is 36.2 Å². The Hall–Kier alpha value is -1.32. The molecule has 0 aliphatic heterocycles. The van der Waals surface area contributed by atoms with Crippen LogP contribution in [0, 0.1) is 5.95 Å². The first-order chi connectivity index (χ1) is 9.10. The average molecular weight is 299 g/mol. The quantitative estimate of drug-likeness (QED) is 0.795. The van der Waals surface area contributed by atoms with E-state index in [2.05, 4.69) is 17.2 Å². The molecule has 0 saturated carbocycles. The number of halogens is 3. The molecule has 1 unspecified atom stereocenters. The van der Waals surface area contributed by atoms with Crippen molar-refractivity contribution in [2.24, 2.45) is 0 Å². The minimum Gasteiger partial charge on any atom is -0.377 e. The fourth-order valence-corrected chi connectivity index (χ4v) is 2.12. The summed E-state index contributed by atoms with van der Waals surface area (Å²) in [5.41, 5.74) is 1.79. The van der Waals surface area contributed by atoms with Crippen molar-refractivity contribution in [2.75, 3.05) is 5.32 Å². The van der Waals surface area contributed by atoms with E-state index in [1.165, 1.54) is 12.3 Å². The molecule has 0 fully saturated rings. The molecule has 100 valence electrons. The topological polar surface area (TPSA) is 24.9 Å². The molecule has 0 spiro atoms. The molecular weight excluding hydrogens is 286 g/mol. The second kappa shape index (κ2) is 6.22. The highest BCUT2D eigenvalue weighted by Crippen LogP contribution is 2.28. The standard InChI is InChI=1S/C14H13Cl2FN2/c1-2-13(9-3-5-11(15)12(16)7-9)19-10-4-6-14(17)18-8-10/h3-8,13,19H,2H2,1H3. The molecule has 0 radical (unpaired) electrons. The van der Waals surface area contributed by atoms with E-state index in [0.717, 1.165) is 17.7 Å². The van der Waals surface area contributed by atoms with Crippen LogP contribution >= 0.6 is 23.2 Å². The van der Waals surface area contributed by atoms with Crippen LogP contribution in [0.15, 0.2) is 36.5 Å². The van der Waals surface area contributed by atoms with Crippen molar-refractivity contribution in [3.05, 3.63) is 58.1 Å². The van der Waals surface area contributed by atoms with E-state index in [0.29, 0.717) is 10.0 Å². The summed E-state index contributed by atoms with van der Waals surface area (Å²) < 4.78 is 12.8. The Balaban J connectivity index is 2.19. The number of hydrogen-bond acceptors (Lipinski definition) is 2. The minimum atomic E-state index is -0.492. The maximum Gasteiger partial charge on any atom is 0.212 e. The summed E-state index contributed by atoms with van der Waals surface area (Å²) in [7, 11) is 0. The third kappa shape index (κ3) is 3.58. The summed E-state index contributed by atoms with van der Waals surface area (Å²) in [4.78, 5) is 3.62. The van der Waals surface area contributed by atoms with Gasteiger partial charge >= 0.3 is 0 Å². The van der Waals surface area contributed by atoms with E-state index < -0.39 is 5.95 Å². The van der Waals surface area contributed by atoms with Gasteiger partial charge in [-0.3, -0.25) is 0 Å². The van der Waals surface area contributed by atoms with Gasteiger partial charge in [0.2, 0.25) is 5.95 Å². The predicted molar refractivity (Wildman–Crippen MR) is 77.3 cm³/mol. The van der Waals surface area contributed by atoms with E-state index >= 15 is 0 Å². The summed E-state index contributed by atoms with van der Waals surface area (Å²) in [5.74, 6) is -0.492. The second-order valence-corrected chi connectivity index (χ2v) is 4.96. The fraction of sp³-hybridized carbons (Fsp3) is 0.214. The number of nitrogens with zero attached hydrogens (tertiary/aromatic N) is 1. The Labute approximate surface area is 121 Å². The Morgan fingerprint density at radius 3 is 2.58 bits per heavy atom. The molecule has 1 aromatic heterocycles. The molecule has 1 atom stereocenters. The van der Waals surface area contributed by atoms with Gasteiger partial charge in [0, 0.05) is 0 Å². The molecule has 2 rings (SSSR count). The van der Waals surface area contributed by atoms with Crippen molar-refractivity contribution in [3.8, 4) is 0 Å². The summed E-state index contributed by atoms with van der Waals surface area (Å²) in [6.07, 6.45) is 2.32.